The van der Waals surface area contributed by atoms with Crippen LogP contribution in [0.2, 0.25) is 0 Å². The van der Waals surface area contributed by atoms with E-state index in [4.69, 9.17) is 4.74 Å². The largest absolute Gasteiger partial charge is 0.491 e. The van der Waals surface area contributed by atoms with Crippen LogP contribution in [0.3, 0.4) is 0 Å². The van der Waals surface area contributed by atoms with Gasteiger partial charge >= 0.3 is 0 Å². The summed E-state index contributed by atoms with van der Waals surface area (Å²) in [7, 11) is -2.97. The lowest BCUT2D eigenvalue weighted by atomic mass is 10.1. The molecule has 1 atom stereocenters. The average molecular weight is 418 g/mol. The molecule has 29 heavy (non-hydrogen) atoms. The van der Waals surface area contributed by atoms with Gasteiger partial charge in [-0.25, -0.2) is 13.4 Å². The highest BCUT2D eigenvalue weighted by atomic mass is 32.2. The predicted octanol–water partition coefficient (Wildman–Crippen LogP) is 3.11. The smallest absolute Gasteiger partial charge is 0.191 e. The summed E-state index contributed by atoms with van der Waals surface area (Å²) in [6.07, 6.45) is 1.79. The Morgan fingerprint density at radius 2 is 1.79 bits per heavy atom. The lowest BCUT2D eigenvalue weighted by Crippen LogP contribution is -2.43. The third-order valence-corrected chi connectivity index (χ3v) is 5.22. The molecule has 0 aliphatic heterocycles. The zero-order valence-corrected chi connectivity index (χ0v) is 18.2. The maximum atomic E-state index is 11.3. The summed E-state index contributed by atoms with van der Waals surface area (Å²) >= 11 is 0. The standard InChI is InChI=1S/C22H31N3O3S/c1-4-23-22(25-18(2)14-17-29(3,26)27)24-15-16-28-21-13-9-8-12-20(21)19-10-6-5-7-11-19/h5-13,18H,4,14-17H2,1-3H3,(H2,23,24,25). The summed E-state index contributed by atoms with van der Waals surface area (Å²) in [5, 5.41) is 6.43. The fourth-order valence-corrected chi connectivity index (χ4v) is 3.56. The van der Waals surface area contributed by atoms with Gasteiger partial charge in [-0.3, -0.25) is 0 Å². The molecule has 0 bridgehead atoms. The molecule has 0 aromatic heterocycles. The van der Waals surface area contributed by atoms with Crippen LogP contribution in [0.5, 0.6) is 5.75 Å². The third-order valence-electron chi connectivity index (χ3n) is 4.24. The molecule has 0 heterocycles. The van der Waals surface area contributed by atoms with E-state index in [1.165, 1.54) is 6.26 Å². The van der Waals surface area contributed by atoms with Crippen molar-refractivity contribution in [3.05, 3.63) is 54.6 Å². The number of hydrogen-bond acceptors (Lipinski definition) is 4. The van der Waals surface area contributed by atoms with Crippen molar-refractivity contribution in [3.63, 3.8) is 0 Å². The number of hydrogen-bond donors (Lipinski definition) is 2. The van der Waals surface area contributed by atoms with E-state index in [2.05, 4.69) is 27.8 Å². The van der Waals surface area contributed by atoms with E-state index < -0.39 is 9.84 Å². The van der Waals surface area contributed by atoms with Crippen molar-refractivity contribution in [1.29, 1.82) is 0 Å². The van der Waals surface area contributed by atoms with Crippen LogP contribution in [0.25, 0.3) is 11.1 Å². The molecule has 0 aliphatic carbocycles. The highest BCUT2D eigenvalue weighted by Gasteiger charge is 2.09. The molecule has 0 fully saturated rings. The average Bonchev–Trinajstić information content (AvgIpc) is 2.70. The van der Waals surface area contributed by atoms with Gasteiger partial charge in [0.15, 0.2) is 5.96 Å². The van der Waals surface area contributed by atoms with Crippen LogP contribution in [-0.2, 0) is 9.84 Å². The van der Waals surface area contributed by atoms with E-state index >= 15 is 0 Å². The summed E-state index contributed by atoms with van der Waals surface area (Å²) < 4.78 is 28.6. The molecule has 0 aliphatic rings. The molecule has 0 amide bonds. The second-order valence-corrected chi connectivity index (χ2v) is 9.19. The minimum Gasteiger partial charge on any atom is -0.491 e. The number of aliphatic imine (C=N–C) groups is 1. The Morgan fingerprint density at radius 3 is 2.48 bits per heavy atom. The van der Waals surface area contributed by atoms with Crippen LogP contribution >= 0.6 is 0 Å². The van der Waals surface area contributed by atoms with Crippen molar-refractivity contribution in [1.82, 2.24) is 10.6 Å². The van der Waals surface area contributed by atoms with Crippen molar-refractivity contribution in [3.8, 4) is 16.9 Å². The second kappa shape index (κ2) is 11.5. The van der Waals surface area contributed by atoms with Crippen molar-refractivity contribution in [2.24, 2.45) is 4.99 Å². The summed E-state index contributed by atoms with van der Waals surface area (Å²) in [4.78, 5) is 4.54. The van der Waals surface area contributed by atoms with Gasteiger partial charge in [0.05, 0.1) is 12.3 Å². The quantitative estimate of drug-likeness (QED) is 0.353. The number of rotatable bonds is 10. The molecule has 0 saturated carbocycles. The number of nitrogens with zero attached hydrogens (tertiary/aromatic N) is 1. The van der Waals surface area contributed by atoms with Crippen molar-refractivity contribution in [2.45, 2.75) is 26.3 Å². The molecule has 7 heteroatoms. The fraction of sp³-hybridized carbons (Fsp3) is 0.409. The van der Waals surface area contributed by atoms with Crippen LogP contribution < -0.4 is 15.4 Å². The molecule has 6 nitrogen and oxygen atoms in total. The summed E-state index contributed by atoms with van der Waals surface area (Å²) in [5.74, 6) is 1.64. The minimum absolute atomic E-state index is 0.00208. The molecule has 158 valence electrons. The van der Waals surface area contributed by atoms with Crippen LogP contribution in [0.15, 0.2) is 59.6 Å². The van der Waals surface area contributed by atoms with E-state index in [-0.39, 0.29) is 11.8 Å². The van der Waals surface area contributed by atoms with Crippen LogP contribution in [0, 0.1) is 0 Å². The number of nitrogens with one attached hydrogen (secondary N) is 2. The van der Waals surface area contributed by atoms with E-state index in [0.29, 0.717) is 25.5 Å². The lowest BCUT2D eigenvalue weighted by Gasteiger charge is -2.17. The third kappa shape index (κ3) is 8.56. The van der Waals surface area contributed by atoms with Crippen molar-refractivity contribution >= 4 is 15.8 Å². The maximum absolute atomic E-state index is 11.3. The topological polar surface area (TPSA) is 79.8 Å². The van der Waals surface area contributed by atoms with E-state index in [9.17, 15) is 8.42 Å². The number of sulfone groups is 1. The van der Waals surface area contributed by atoms with Gasteiger partial charge in [0.25, 0.3) is 0 Å². The molecule has 2 N–H and O–H groups in total. The molecule has 0 spiro atoms. The zero-order chi connectivity index (χ0) is 21.1. The van der Waals surface area contributed by atoms with Gasteiger partial charge in [-0.15, -0.1) is 0 Å². The Balaban J connectivity index is 1.92. The van der Waals surface area contributed by atoms with Gasteiger partial charge in [-0.05, 0) is 31.9 Å². The minimum atomic E-state index is -2.97. The zero-order valence-electron chi connectivity index (χ0n) is 17.4. The Morgan fingerprint density at radius 1 is 1.10 bits per heavy atom. The van der Waals surface area contributed by atoms with Gasteiger partial charge in [-0.2, -0.15) is 0 Å². The van der Waals surface area contributed by atoms with Gasteiger partial charge in [0.2, 0.25) is 0 Å². The summed E-state index contributed by atoms with van der Waals surface area (Å²) in [6, 6.07) is 18.1. The van der Waals surface area contributed by atoms with Crippen LogP contribution in [0.4, 0.5) is 0 Å². The predicted molar refractivity (Wildman–Crippen MR) is 120 cm³/mol. The SMILES string of the molecule is CCNC(=NCCOc1ccccc1-c1ccccc1)NC(C)CCS(C)(=O)=O. The molecule has 2 aromatic carbocycles. The Labute approximate surface area is 174 Å². The number of ether oxygens (including phenoxy) is 1. The van der Waals surface area contributed by atoms with Gasteiger partial charge in [0, 0.05) is 24.4 Å². The first kappa shape index (κ1) is 22.7. The highest BCUT2D eigenvalue weighted by molar-refractivity contribution is 7.90. The Kier molecular flexibility index (Phi) is 8.99. The molecular weight excluding hydrogens is 386 g/mol. The van der Waals surface area contributed by atoms with Crippen LogP contribution in [0.1, 0.15) is 20.3 Å². The molecular formula is C22H31N3O3S. The fourth-order valence-electron chi connectivity index (χ4n) is 2.78. The van der Waals surface area contributed by atoms with Gasteiger partial charge in [-0.1, -0.05) is 48.5 Å². The second-order valence-electron chi connectivity index (χ2n) is 6.94. The number of para-hydroxylation sites is 1. The number of guanidine groups is 1. The Bertz CT molecular complexity index is 883. The first-order valence-electron chi connectivity index (χ1n) is 9.89. The monoisotopic (exact) mass is 417 g/mol. The van der Waals surface area contributed by atoms with Crippen molar-refractivity contribution < 1.29 is 13.2 Å². The molecule has 1 unspecified atom stereocenters. The van der Waals surface area contributed by atoms with Crippen molar-refractivity contribution in [2.75, 3.05) is 31.7 Å². The van der Waals surface area contributed by atoms with E-state index in [1.807, 2.05) is 56.3 Å². The molecule has 0 saturated heterocycles. The van der Waals surface area contributed by atoms with Gasteiger partial charge < -0.3 is 15.4 Å². The first-order valence-corrected chi connectivity index (χ1v) is 11.9. The highest BCUT2D eigenvalue weighted by Crippen LogP contribution is 2.29. The normalized spacial score (nSPS) is 13.0. The maximum Gasteiger partial charge on any atom is 0.191 e. The molecule has 2 rings (SSSR count). The first-order chi connectivity index (χ1) is 13.9. The summed E-state index contributed by atoms with van der Waals surface area (Å²) in [6.45, 7) is 5.59. The number of benzene rings is 2. The van der Waals surface area contributed by atoms with Crippen LogP contribution in [-0.4, -0.2) is 52.1 Å². The molecule has 0 radical (unpaired) electrons. The van der Waals surface area contributed by atoms with Gasteiger partial charge in [0.1, 0.15) is 22.2 Å². The van der Waals surface area contributed by atoms with E-state index in [1.54, 1.807) is 0 Å². The summed E-state index contributed by atoms with van der Waals surface area (Å²) in [5.41, 5.74) is 2.16. The molecule has 2 aromatic rings. The lowest BCUT2D eigenvalue weighted by molar-refractivity contribution is 0.329. The van der Waals surface area contributed by atoms with E-state index in [0.717, 1.165) is 23.4 Å². The Hall–Kier alpha value is -2.54.